The summed E-state index contributed by atoms with van der Waals surface area (Å²) in [5.41, 5.74) is 0.962. The number of nitrogens with zero attached hydrogens (tertiary/aromatic N) is 1. The average Bonchev–Trinajstić information content (AvgIpc) is 2.26. The fourth-order valence-corrected chi connectivity index (χ4v) is 1.66. The Morgan fingerprint density at radius 1 is 1.47 bits per heavy atom. The van der Waals surface area contributed by atoms with Gasteiger partial charge in [0.25, 0.3) is 5.69 Å². The number of rotatable bonds is 4. The minimum absolute atomic E-state index is 0.0145. The van der Waals surface area contributed by atoms with Crippen molar-refractivity contribution >= 4 is 34.0 Å². The number of halogens is 1. The zero-order chi connectivity index (χ0) is 13.0. The lowest BCUT2D eigenvalue weighted by Gasteiger charge is -2.04. The van der Waals surface area contributed by atoms with E-state index in [-0.39, 0.29) is 11.6 Å². The first kappa shape index (κ1) is 13.6. The van der Waals surface area contributed by atoms with Crippen LogP contribution in [0.15, 0.2) is 28.2 Å². The number of aldehydes is 1. The Hall–Kier alpha value is -1.49. The fraction of sp³-hybridized carbons (Fsp3) is 0.250. The van der Waals surface area contributed by atoms with Gasteiger partial charge >= 0.3 is 0 Å². The van der Waals surface area contributed by atoms with Crippen molar-refractivity contribution in [3.05, 3.63) is 43.9 Å². The number of allylic oxidation sites excluding steroid dienone is 1. The lowest BCUT2D eigenvalue weighted by Crippen LogP contribution is -1.97. The van der Waals surface area contributed by atoms with E-state index in [9.17, 15) is 14.9 Å². The number of carbonyl (C=O) groups is 1. The van der Waals surface area contributed by atoms with E-state index in [4.69, 9.17) is 0 Å². The first-order valence-corrected chi connectivity index (χ1v) is 5.85. The highest BCUT2D eigenvalue weighted by atomic mass is 79.9. The van der Waals surface area contributed by atoms with Crippen molar-refractivity contribution < 1.29 is 9.72 Å². The second-order valence-corrected chi connectivity index (χ2v) is 4.79. The zero-order valence-corrected chi connectivity index (χ0v) is 11.1. The lowest BCUT2D eigenvalue weighted by atomic mass is 10.0. The summed E-state index contributed by atoms with van der Waals surface area (Å²) in [5, 5.41) is 10.9. The van der Waals surface area contributed by atoms with E-state index in [1.54, 1.807) is 18.2 Å². The summed E-state index contributed by atoms with van der Waals surface area (Å²) >= 11 is 3.18. The molecule has 0 atom stereocenters. The molecule has 0 radical (unpaired) electrons. The Labute approximate surface area is 108 Å². The third-order valence-corrected chi connectivity index (χ3v) is 2.81. The molecule has 0 aromatic heterocycles. The summed E-state index contributed by atoms with van der Waals surface area (Å²) in [5.74, 6) is 0.0377. The highest BCUT2D eigenvalue weighted by molar-refractivity contribution is 9.10. The SMILES string of the molecule is CC(C)/C(C=O)=C/c1ccc(Br)cc1[N+](=O)[O-]. The maximum absolute atomic E-state index is 10.9. The van der Waals surface area contributed by atoms with E-state index in [0.717, 1.165) is 6.29 Å². The molecule has 0 aliphatic carbocycles. The van der Waals surface area contributed by atoms with Gasteiger partial charge in [0.1, 0.15) is 6.29 Å². The van der Waals surface area contributed by atoms with Crippen LogP contribution < -0.4 is 0 Å². The third kappa shape index (κ3) is 3.49. The van der Waals surface area contributed by atoms with Crippen molar-refractivity contribution in [3.8, 4) is 0 Å². The molecule has 17 heavy (non-hydrogen) atoms. The van der Waals surface area contributed by atoms with E-state index >= 15 is 0 Å². The zero-order valence-electron chi connectivity index (χ0n) is 9.51. The molecule has 5 heteroatoms. The fourth-order valence-electron chi connectivity index (χ4n) is 1.31. The Balaban J connectivity index is 3.31. The number of nitro groups is 1. The number of hydrogen-bond acceptors (Lipinski definition) is 3. The van der Waals surface area contributed by atoms with Crippen LogP contribution in [0.25, 0.3) is 6.08 Å². The van der Waals surface area contributed by atoms with Crippen molar-refractivity contribution in [2.75, 3.05) is 0 Å². The minimum atomic E-state index is -0.459. The van der Waals surface area contributed by atoms with Crippen LogP contribution in [0.4, 0.5) is 5.69 Å². The van der Waals surface area contributed by atoms with Crippen LogP contribution in [0.2, 0.25) is 0 Å². The number of carbonyl (C=O) groups excluding carboxylic acids is 1. The molecule has 0 saturated carbocycles. The van der Waals surface area contributed by atoms with E-state index < -0.39 is 4.92 Å². The molecule has 0 unspecified atom stereocenters. The monoisotopic (exact) mass is 297 g/mol. The summed E-state index contributed by atoms with van der Waals surface area (Å²) in [7, 11) is 0. The first-order valence-electron chi connectivity index (χ1n) is 5.06. The number of hydrogen-bond donors (Lipinski definition) is 0. The Kier molecular flexibility index (Phi) is 4.57. The molecule has 0 bridgehead atoms. The molecule has 0 fully saturated rings. The average molecular weight is 298 g/mol. The summed E-state index contributed by atoms with van der Waals surface area (Å²) in [6, 6.07) is 4.75. The normalized spacial score (nSPS) is 11.6. The maximum Gasteiger partial charge on any atom is 0.277 e. The molecule has 1 aromatic carbocycles. The van der Waals surface area contributed by atoms with E-state index in [2.05, 4.69) is 15.9 Å². The highest BCUT2D eigenvalue weighted by Crippen LogP contribution is 2.26. The molecule has 0 aliphatic rings. The van der Waals surface area contributed by atoms with Gasteiger partial charge in [-0.3, -0.25) is 14.9 Å². The maximum atomic E-state index is 10.9. The van der Waals surface area contributed by atoms with Gasteiger partial charge in [0.2, 0.25) is 0 Å². The molecule has 4 nitrogen and oxygen atoms in total. The lowest BCUT2D eigenvalue weighted by molar-refractivity contribution is -0.385. The van der Waals surface area contributed by atoms with Crippen LogP contribution in [0.5, 0.6) is 0 Å². The van der Waals surface area contributed by atoms with Gasteiger partial charge in [0.05, 0.1) is 10.5 Å². The summed E-state index contributed by atoms with van der Waals surface area (Å²) in [6.07, 6.45) is 2.29. The third-order valence-electron chi connectivity index (χ3n) is 2.31. The molecule has 0 amide bonds. The van der Waals surface area contributed by atoms with Crippen LogP contribution in [-0.4, -0.2) is 11.2 Å². The topological polar surface area (TPSA) is 60.2 Å². The van der Waals surface area contributed by atoms with Crippen molar-refractivity contribution in [3.63, 3.8) is 0 Å². The summed E-state index contributed by atoms with van der Waals surface area (Å²) in [4.78, 5) is 21.3. The second-order valence-electron chi connectivity index (χ2n) is 3.88. The second kappa shape index (κ2) is 5.72. The van der Waals surface area contributed by atoms with Gasteiger partial charge in [0.15, 0.2) is 0 Å². The van der Waals surface area contributed by atoms with E-state index in [1.807, 2.05) is 13.8 Å². The van der Waals surface area contributed by atoms with Crippen LogP contribution in [0, 0.1) is 16.0 Å². The van der Waals surface area contributed by atoms with Crippen molar-refractivity contribution in [1.29, 1.82) is 0 Å². The van der Waals surface area contributed by atoms with Gasteiger partial charge in [-0.2, -0.15) is 0 Å². The molecule has 0 saturated heterocycles. The van der Waals surface area contributed by atoms with Gasteiger partial charge in [0, 0.05) is 10.5 Å². The Morgan fingerprint density at radius 2 is 2.12 bits per heavy atom. The van der Waals surface area contributed by atoms with Gasteiger partial charge in [-0.1, -0.05) is 29.8 Å². The van der Waals surface area contributed by atoms with Gasteiger partial charge in [-0.15, -0.1) is 0 Å². The molecular formula is C12H12BrNO3. The molecule has 0 N–H and O–H groups in total. The molecule has 0 spiro atoms. The van der Waals surface area contributed by atoms with E-state index in [1.165, 1.54) is 6.07 Å². The van der Waals surface area contributed by atoms with Gasteiger partial charge in [-0.25, -0.2) is 0 Å². The van der Waals surface area contributed by atoms with Crippen LogP contribution >= 0.6 is 15.9 Å². The van der Waals surface area contributed by atoms with Crippen molar-refractivity contribution in [2.24, 2.45) is 5.92 Å². The quantitative estimate of drug-likeness (QED) is 0.369. The van der Waals surface area contributed by atoms with Crippen molar-refractivity contribution in [1.82, 2.24) is 0 Å². The molecule has 0 aliphatic heterocycles. The molecule has 0 heterocycles. The van der Waals surface area contributed by atoms with Crippen LogP contribution in [0.1, 0.15) is 19.4 Å². The summed E-state index contributed by atoms with van der Waals surface area (Å²) < 4.78 is 0.638. The smallest absolute Gasteiger partial charge is 0.277 e. The molecule has 1 rings (SSSR count). The van der Waals surface area contributed by atoms with Crippen molar-refractivity contribution in [2.45, 2.75) is 13.8 Å². The number of nitro benzene ring substituents is 1. The molecule has 90 valence electrons. The van der Waals surface area contributed by atoms with E-state index in [0.29, 0.717) is 15.6 Å². The minimum Gasteiger partial charge on any atom is -0.298 e. The molecule has 1 aromatic rings. The Morgan fingerprint density at radius 3 is 2.59 bits per heavy atom. The first-order chi connectivity index (χ1) is 7.95. The highest BCUT2D eigenvalue weighted by Gasteiger charge is 2.13. The largest absolute Gasteiger partial charge is 0.298 e. The number of benzene rings is 1. The van der Waals surface area contributed by atoms with Crippen LogP contribution in [0.3, 0.4) is 0 Å². The predicted octanol–water partition coefficient (Wildman–Crippen LogP) is 3.60. The Bertz CT molecular complexity index is 481. The van der Waals surface area contributed by atoms with Crippen LogP contribution in [-0.2, 0) is 4.79 Å². The van der Waals surface area contributed by atoms with Gasteiger partial charge in [-0.05, 0) is 29.7 Å². The molecular weight excluding hydrogens is 286 g/mol. The predicted molar refractivity (Wildman–Crippen MR) is 69.7 cm³/mol. The standard InChI is InChI=1S/C12H12BrNO3/c1-8(2)10(7-15)5-9-3-4-11(13)6-12(9)14(16)17/h3-8H,1-2H3/b10-5+. The summed E-state index contributed by atoms with van der Waals surface area (Å²) in [6.45, 7) is 3.73. The van der Waals surface area contributed by atoms with Gasteiger partial charge < -0.3 is 0 Å².